The SMILES string of the molecule is COc1ccc(S(N)(=O)=O)cc1Nc1ncc(-c2cccc(-c3cccc(F)c3)c2)o1. The maximum absolute atomic E-state index is 13.6. The van der Waals surface area contributed by atoms with Crippen LogP contribution in [-0.2, 0) is 10.0 Å². The lowest BCUT2D eigenvalue weighted by atomic mass is 10.0. The van der Waals surface area contributed by atoms with Gasteiger partial charge in [-0.2, -0.15) is 0 Å². The topological polar surface area (TPSA) is 107 Å². The predicted molar refractivity (Wildman–Crippen MR) is 115 cm³/mol. The van der Waals surface area contributed by atoms with Gasteiger partial charge in [-0.3, -0.25) is 0 Å². The van der Waals surface area contributed by atoms with Gasteiger partial charge >= 0.3 is 0 Å². The molecule has 0 saturated carbocycles. The largest absolute Gasteiger partial charge is 0.495 e. The second-order valence-corrected chi connectivity index (χ2v) is 8.21. The summed E-state index contributed by atoms with van der Waals surface area (Å²) in [6.07, 6.45) is 1.53. The molecule has 4 aromatic rings. The molecule has 0 bridgehead atoms. The number of aromatic nitrogens is 1. The first-order valence-corrected chi connectivity index (χ1v) is 10.7. The summed E-state index contributed by atoms with van der Waals surface area (Å²) in [5.74, 6) is 0.548. The van der Waals surface area contributed by atoms with Crippen LogP contribution in [-0.4, -0.2) is 20.5 Å². The number of hydrogen-bond acceptors (Lipinski definition) is 6. The highest BCUT2D eigenvalue weighted by molar-refractivity contribution is 7.89. The molecule has 3 N–H and O–H groups in total. The molecule has 0 atom stereocenters. The fraction of sp³-hybridized carbons (Fsp3) is 0.0455. The van der Waals surface area contributed by atoms with Gasteiger partial charge in [0.2, 0.25) is 10.0 Å². The maximum Gasteiger partial charge on any atom is 0.299 e. The van der Waals surface area contributed by atoms with Crippen LogP contribution in [0, 0.1) is 5.82 Å². The van der Waals surface area contributed by atoms with Gasteiger partial charge in [0, 0.05) is 5.56 Å². The summed E-state index contributed by atoms with van der Waals surface area (Å²) < 4.78 is 47.9. The summed E-state index contributed by atoms with van der Waals surface area (Å²) in [4.78, 5) is 4.12. The van der Waals surface area contributed by atoms with Crippen molar-refractivity contribution in [3.05, 3.63) is 78.7 Å². The summed E-state index contributed by atoms with van der Waals surface area (Å²) in [5.41, 5.74) is 2.64. The number of nitrogens with one attached hydrogen (secondary N) is 1. The third-order valence-electron chi connectivity index (χ3n) is 4.55. The fourth-order valence-corrected chi connectivity index (χ4v) is 3.60. The number of oxazole rings is 1. The van der Waals surface area contributed by atoms with Crippen LogP contribution < -0.4 is 15.2 Å². The van der Waals surface area contributed by atoms with E-state index in [9.17, 15) is 12.8 Å². The molecule has 158 valence electrons. The lowest BCUT2D eigenvalue weighted by Gasteiger charge is -2.10. The van der Waals surface area contributed by atoms with Crippen LogP contribution in [0.1, 0.15) is 0 Å². The number of hydrogen-bond donors (Lipinski definition) is 2. The molecular weight excluding hydrogens is 421 g/mol. The number of nitrogens with zero attached hydrogens (tertiary/aromatic N) is 1. The van der Waals surface area contributed by atoms with Crippen LogP contribution in [0.4, 0.5) is 16.1 Å². The Morgan fingerprint density at radius 2 is 1.71 bits per heavy atom. The van der Waals surface area contributed by atoms with Crippen molar-refractivity contribution < 1.29 is 22.0 Å². The second-order valence-electron chi connectivity index (χ2n) is 6.65. The van der Waals surface area contributed by atoms with E-state index in [-0.39, 0.29) is 16.7 Å². The van der Waals surface area contributed by atoms with Crippen molar-refractivity contribution in [3.63, 3.8) is 0 Å². The van der Waals surface area contributed by atoms with Crippen LogP contribution in [0.5, 0.6) is 5.75 Å². The fourth-order valence-electron chi connectivity index (χ4n) is 3.06. The summed E-state index contributed by atoms with van der Waals surface area (Å²) in [5, 5.41) is 8.11. The van der Waals surface area contributed by atoms with Gasteiger partial charge in [0.1, 0.15) is 11.6 Å². The van der Waals surface area contributed by atoms with Gasteiger partial charge in [-0.25, -0.2) is 22.9 Å². The van der Waals surface area contributed by atoms with E-state index in [1.807, 2.05) is 30.3 Å². The van der Waals surface area contributed by atoms with E-state index in [0.29, 0.717) is 17.2 Å². The standard InChI is InChI=1S/C22H18FN3O4S/c1-29-20-9-8-18(31(24,27)28)12-19(20)26-22-25-13-21(30-22)16-6-2-4-14(10-16)15-5-3-7-17(23)11-15/h2-13H,1H3,(H,25,26)(H2,24,27,28). The predicted octanol–water partition coefficient (Wildman–Crippen LogP) is 4.55. The molecule has 1 aromatic heterocycles. The molecule has 0 amide bonds. The van der Waals surface area contributed by atoms with Gasteiger partial charge in [-0.1, -0.05) is 30.3 Å². The van der Waals surface area contributed by atoms with Crippen LogP contribution in [0.15, 0.2) is 82.2 Å². The zero-order valence-electron chi connectivity index (χ0n) is 16.4. The maximum atomic E-state index is 13.6. The minimum absolute atomic E-state index is 0.0784. The Kier molecular flexibility index (Phi) is 5.45. The summed E-state index contributed by atoms with van der Waals surface area (Å²) in [7, 11) is -2.43. The van der Waals surface area contributed by atoms with E-state index < -0.39 is 10.0 Å². The van der Waals surface area contributed by atoms with E-state index in [1.165, 1.54) is 43.6 Å². The molecule has 7 nitrogen and oxygen atoms in total. The average molecular weight is 439 g/mol. The van der Waals surface area contributed by atoms with Crippen molar-refractivity contribution in [2.75, 3.05) is 12.4 Å². The molecule has 1 heterocycles. The third kappa shape index (κ3) is 4.57. The molecule has 31 heavy (non-hydrogen) atoms. The molecule has 3 aromatic carbocycles. The van der Waals surface area contributed by atoms with Gasteiger partial charge in [-0.05, 0) is 47.5 Å². The third-order valence-corrected chi connectivity index (χ3v) is 5.46. The zero-order chi connectivity index (χ0) is 22.0. The Hall–Kier alpha value is -3.69. The van der Waals surface area contributed by atoms with Gasteiger partial charge in [-0.15, -0.1) is 0 Å². The Balaban J connectivity index is 1.63. The number of nitrogens with two attached hydrogens (primary N) is 1. The van der Waals surface area contributed by atoms with Gasteiger partial charge < -0.3 is 14.5 Å². The minimum atomic E-state index is -3.89. The minimum Gasteiger partial charge on any atom is -0.495 e. The highest BCUT2D eigenvalue weighted by atomic mass is 32.2. The van der Waals surface area contributed by atoms with Gasteiger partial charge in [0.05, 0.1) is 23.9 Å². The Labute approximate surface area is 178 Å². The summed E-state index contributed by atoms with van der Waals surface area (Å²) in [6.45, 7) is 0. The lowest BCUT2D eigenvalue weighted by molar-refractivity contribution is 0.416. The van der Waals surface area contributed by atoms with Gasteiger partial charge in [0.25, 0.3) is 6.01 Å². The number of ether oxygens (including phenoxy) is 1. The molecular formula is C22H18FN3O4S. The highest BCUT2D eigenvalue weighted by Crippen LogP contribution is 2.32. The smallest absolute Gasteiger partial charge is 0.299 e. The quantitative estimate of drug-likeness (QED) is 0.456. The molecule has 0 aliphatic rings. The first kappa shape index (κ1) is 20.6. The molecule has 9 heteroatoms. The number of sulfonamides is 1. The number of benzene rings is 3. The van der Waals surface area contributed by atoms with Crippen molar-refractivity contribution >= 4 is 21.7 Å². The molecule has 4 rings (SSSR count). The Morgan fingerprint density at radius 1 is 1.00 bits per heavy atom. The van der Waals surface area contributed by atoms with Crippen molar-refractivity contribution in [2.24, 2.45) is 5.14 Å². The van der Waals surface area contributed by atoms with E-state index in [0.717, 1.165) is 16.7 Å². The molecule has 0 radical (unpaired) electrons. The number of primary sulfonamides is 1. The van der Waals surface area contributed by atoms with Crippen LogP contribution >= 0.6 is 0 Å². The van der Waals surface area contributed by atoms with Crippen molar-refractivity contribution in [2.45, 2.75) is 4.90 Å². The average Bonchev–Trinajstić information content (AvgIpc) is 3.22. The number of methoxy groups -OCH3 is 1. The van der Waals surface area contributed by atoms with Crippen molar-refractivity contribution in [1.82, 2.24) is 4.98 Å². The monoisotopic (exact) mass is 439 g/mol. The molecule has 0 saturated heterocycles. The molecule has 0 fully saturated rings. The second kappa shape index (κ2) is 8.21. The number of rotatable bonds is 6. The first-order chi connectivity index (χ1) is 14.8. The number of anilines is 2. The van der Waals surface area contributed by atoms with E-state index in [4.69, 9.17) is 14.3 Å². The zero-order valence-corrected chi connectivity index (χ0v) is 17.2. The molecule has 0 spiro atoms. The molecule has 0 aliphatic heterocycles. The van der Waals surface area contributed by atoms with Crippen molar-refractivity contribution in [1.29, 1.82) is 0 Å². The van der Waals surface area contributed by atoms with E-state index in [1.54, 1.807) is 6.07 Å². The molecule has 0 unspecified atom stereocenters. The summed E-state index contributed by atoms with van der Waals surface area (Å²) in [6, 6.07) is 18.0. The van der Waals surface area contributed by atoms with E-state index >= 15 is 0 Å². The molecule has 0 aliphatic carbocycles. The van der Waals surface area contributed by atoms with Crippen LogP contribution in [0.2, 0.25) is 0 Å². The van der Waals surface area contributed by atoms with Crippen molar-refractivity contribution in [3.8, 4) is 28.2 Å². The Morgan fingerprint density at radius 3 is 2.42 bits per heavy atom. The highest BCUT2D eigenvalue weighted by Gasteiger charge is 2.15. The van der Waals surface area contributed by atoms with Gasteiger partial charge in [0.15, 0.2) is 5.76 Å². The first-order valence-electron chi connectivity index (χ1n) is 9.13. The van der Waals surface area contributed by atoms with Crippen LogP contribution in [0.25, 0.3) is 22.5 Å². The summed E-state index contributed by atoms with van der Waals surface area (Å²) >= 11 is 0. The lowest BCUT2D eigenvalue weighted by Crippen LogP contribution is -2.12. The van der Waals surface area contributed by atoms with E-state index in [2.05, 4.69) is 10.3 Å². The Bertz CT molecular complexity index is 1350. The van der Waals surface area contributed by atoms with Crippen LogP contribution in [0.3, 0.4) is 0 Å². The number of halogens is 1. The normalized spacial score (nSPS) is 11.3.